The highest BCUT2D eigenvalue weighted by Gasteiger charge is 2.19. The van der Waals surface area contributed by atoms with Crippen LogP contribution in [0.2, 0.25) is 0 Å². The second-order valence-corrected chi connectivity index (χ2v) is 4.90. The molecule has 0 spiro atoms. The van der Waals surface area contributed by atoms with Crippen molar-refractivity contribution in [3.05, 3.63) is 0 Å². The van der Waals surface area contributed by atoms with Crippen molar-refractivity contribution in [2.24, 2.45) is 5.92 Å². The molecule has 2 heteroatoms. The Kier molecular flexibility index (Phi) is 4.26. The number of hydrogen-bond donors (Lipinski definition) is 1. The Morgan fingerprint density at radius 3 is 2.57 bits per heavy atom. The molecule has 0 aromatic carbocycles. The van der Waals surface area contributed by atoms with Gasteiger partial charge in [-0.05, 0) is 70.7 Å². The van der Waals surface area contributed by atoms with E-state index >= 15 is 0 Å². The van der Waals surface area contributed by atoms with Crippen LogP contribution in [0.25, 0.3) is 0 Å². The van der Waals surface area contributed by atoms with Crippen LogP contribution in [-0.2, 0) is 0 Å². The molecule has 0 atom stereocenters. The van der Waals surface area contributed by atoms with E-state index in [-0.39, 0.29) is 0 Å². The van der Waals surface area contributed by atoms with E-state index in [0.29, 0.717) is 0 Å². The first kappa shape index (κ1) is 10.4. The number of hydrogen-bond acceptors (Lipinski definition) is 2. The molecule has 0 bridgehead atoms. The first-order valence-electron chi connectivity index (χ1n) is 6.38. The van der Waals surface area contributed by atoms with Crippen LogP contribution in [0.4, 0.5) is 0 Å². The van der Waals surface area contributed by atoms with Crippen molar-refractivity contribution in [1.82, 2.24) is 10.2 Å². The molecule has 1 aliphatic carbocycles. The first-order valence-corrected chi connectivity index (χ1v) is 6.38. The number of likely N-dealkylation sites (tertiary alicyclic amines) is 1. The molecule has 0 radical (unpaired) electrons. The molecular formula is C12H24N2. The predicted molar refractivity (Wildman–Crippen MR) is 60.5 cm³/mol. The van der Waals surface area contributed by atoms with Gasteiger partial charge in [0.25, 0.3) is 0 Å². The summed E-state index contributed by atoms with van der Waals surface area (Å²) >= 11 is 0. The number of nitrogens with one attached hydrogen (secondary N) is 1. The lowest BCUT2D eigenvalue weighted by atomic mass is 10.1. The molecule has 14 heavy (non-hydrogen) atoms. The maximum Gasteiger partial charge on any atom is -0.000664 e. The van der Waals surface area contributed by atoms with Crippen LogP contribution in [0.15, 0.2) is 0 Å². The van der Waals surface area contributed by atoms with Crippen LogP contribution in [0.3, 0.4) is 0 Å². The molecule has 2 aliphatic rings. The smallest absolute Gasteiger partial charge is 0.000664 e. The van der Waals surface area contributed by atoms with Crippen molar-refractivity contribution >= 4 is 0 Å². The summed E-state index contributed by atoms with van der Waals surface area (Å²) in [7, 11) is 0. The van der Waals surface area contributed by atoms with Crippen LogP contribution in [0, 0.1) is 5.92 Å². The van der Waals surface area contributed by atoms with Crippen LogP contribution >= 0.6 is 0 Å². The van der Waals surface area contributed by atoms with Crippen molar-refractivity contribution in [2.75, 3.05) is 32.7 Å². The molecule has 0 amide bonds. The van der Waals surface area contributed by atoms with E-state index in [1.807, 2.05) is 0 Å². The molecule has 1 N–H and O–H groups in total. The third kappa shape index (κ3) is 3.97. The second kappa shape index (κ2) is 5.72. The number of piperidine rings is 1. The first-order chi connectivity index (χ1) is 6.95. The standard InChI is InChI=1S/C12H24N2/c1-2-8-14(9-3-1)10-4-7-13-11-12-5-6-12/h12-13H,1-11H2. The van der Waals surface area contributed by atoms with Crippen LogP contribution in [-0.4, -0.2) is 37.6 Å². The van der Waals surface area contributed by atoms with Crippen LogP contribution in [0.5, 0.6) is 0 Å². The lowest BCUT2D eigenvalue weighted by Gasteiger charge is -2.26. The predicted octanol–water partition coefficient (Wildman–Crippen LogP) is 1.86. The van der Waals surface area contributed by atoms with Gasteiger partial charge in [0.15, 0.2) is 0 Å². The van der Waals surface area contributed by atoms with Gasteiger partial charge in [0.05, 0.1) is 0 Å². The average Bonchev–Trinajstić information content (AvgIpc) is 3.03. The Bertz CT molecular complexity index is 148. The molecule has 1 aliphatic heterocycles. The van der Waals surface area contributed by atoms with Crippen molar-refractivity contribution in [2.45, 2.75) is 38.5 Å². The van der Waals surface area contributed by atoms with Gasteiger partial charge in [-0.15, -0.1) is 0 Å². The van der Waals surface area contributed by atoms with Gasteiger partial charge in [-0.2, -0.15) is 0 Å². The van der Waals surface area contributed by atoms with Gasteiger partial charge in [-0.25, -0.2) is 0 Å². The van der Waals surface area contributed by atoms with Gasteiger partial charge in [0.2, 0.25) is 0 Å². The zero-order chi connectivity index (χ0) is 9.64. The summed E-state index contributed by atoms with van der Waals surface area (Å²) in [4.78, 5) is 2.63. The average molecular weight is 196 g/mol. The summed E-state index contributed by atoms with van der Waals surface area (Å²) in [6.45, 7) is 6.52. The third-order valence-electron chi connectivity index (χ3n) is 3.41. The van der Waals surface area contributed by atoms with E-state index in [1.54, 1.807) is 0 Å². The van der Waals surface area contributed by atoms with Gasteiger partial charge in [-0.3, -0.25) is 0 Å². The minimum atomic E-state index is 1.03. The number of rotatable bonds is 6. The lowest BCUT2D eigenvalue weighted by molar-refractivity contribution is 0.225. The maximum atomic E-state index is 3.56. The molecule has 2 fully saturated rings. The van der Waals surface area contributed by atoms with Crippen molar-refractivity contribution in [3.63, 3.8) is 0 Å². The van der Waals surface area contributed by atoms with Gasteiger partial charge in [0, 0.05) is 0 Å². The summed E-state index contributed by atoms with van der Waals surface area (Å²) in [5.74, 6) is 1.03. The Labute approximate surface area is 88.1 Å². The summed E-state index contributed by atoms with van der Waals surface area (Å²) in [5, 5.41) is 3.56. The zero-order valence-electron chi connectivity index (χ0n) is 9.30. The zero-order valence-corrected chi connectivity index (χ0v) is 9.30. The highest BCUT2D eigenvalue weighted by molar-refractivity contribution is 4.75. The fourth-order valence-corrected chi connectivity index (χ4v) is 2.24. The fourth-order valence-electron chi connectivity index (χ4n) is 2.24. The van der Waals surface area contributed by atoms with Crippen LogP contribution < -0.4 is 5.32 Å². The topological polar surface area (TPSA) is 15.3 Å². The number of nitrogens with zero attached hydrogens (tertiary/aromatic N) is 1. The second-order valence-electron chi connectivity index (χ2n) is 4.90. The Hall–Kier alpha value is -0.0800. The van der Waals surface area contributed by atoms with Gasteiger partial charge in [0.1, 0.15) is 0 Å². The van der Waals surface area contributed by atoms with E-state index in [9.17, 15) is 0 Å². The normalized spacial score (nSPS) is 24.0. The molecular weight excluding hydrogens is 172 g/mol. The molecule has 0 aromatic rings. The van der Waals surface area contributed by atoms with E-state index < -0.39 is 0 Å². The van der Waals surface area contributed by atoms with Crippen molar-refractivity contribution in [1.29, 1.82) is 0 Å². The van der Waals surface area contributed by atoms with Gasteiger partial charge < -0.3 is 10.2 Å². The van der Waals surface area contributed by atoms with Crippen molar-refractivity contribution < 1.29 is 0 Å². The van der Waals surface area contributed by atoms with Gasteiger partial charge in [-0.1, -0.05) is 6.42 Å². The Balaban J connectivity index is 1.41. The summed E-state index contributed by atoms with van der Waals surface area (Å²) < 4.78 is 0. The Morgan fingerprint density at radius 1 is 1.07 bits per heavy atom. The van der Waals surface area contributed by atoms with E-state index in [1.165, 1.54) is 71.2 Å². The quantitative estimate of drug-likeness (QED) is 0.652. The molecule has 1 heterocycles. The largest absolute Gasteiger partial charge is 0.316 e. The van der Waals surface area contributed by atoms with E-state index in [2.05, 4.69) is 10.2 Å². The Morgan fingerprint density at radius 2 is 1.86 bits per heavy atom. The molecule has 0 aromatic heterocycles. The minimum absolute atomic E-state index is 1.03. The molecule has 2 nitrogen and oxygen atoms in total. The molecule has 1 saturated heterocycles. The summed E-state index contributed by atoms with van der Waals surface area (Å²) in [6, 6.07) is 0. The maximum absolute atomic E-state index is 3.56. The SMILES string of the molecule is C1CCN(CCCNCC2CC2)CC1. The lowest BCUT2D eigenvalue weighted by Crippen LogP contribution is -2.32. The van der Waals surface area contributed by atoms with E-state index in [4.69, 9.17) is 0 Å². The summed E-state index contributed by atoms with van der Waals surface area (Å²) in [5.41, 5.74) is 0. The van der Waals surface area contributed by atoms with Gasteiger partial charge >= 0.3 is 0 Å². The van der Waals surface area contributed by atoms with Crippen molar-refractivity contribution in [3.8, 4) is 0 Å². The van der Waals surface area contributed by atoms with Crippen LogP contribution in [0.1, 0.15) is 38.5 Å². The molecule has 2 rings (SSSR count). The molecule has 1 saturated carbocycles. The fraction of sp³-hybridized carbons (Fsp3) is 1.00. The third-order valence-corrected chi connectivity index (χ3v) is 3.41. The van der Waals surface area contributed by atoms with E-state index in [0.717, 1.165) is 5.92 Å². The summed E-state index contributed by atoms with van der Waals surface area (Å²) in [6.07, 6.45) is 8.59. The monoisotopic (exact) mass is 196 g/mol. The highest BCUT2D eigenvalue weighted by Crippen LogP contribution is 2.27. The molecule has 82 valence electrons. The molecule has 0 unspecified atom stereocenters. The highest BCUT2D eigenvalue weighted by atomic mass is 15.1. The minimum Gasteiger partial charge on any atom is -0.316 e.